The van der Waals surface area contributed by atoms with Crippen molar-refractivity contribution in [2.75, 3.05) is 13.1 Å². The van der Waals surface area contributed by atoms with Crippen molar-refractivity contribution in [3.63, 3.8) is 0 Å². The molecular formula is C18H21F3N2O2. The average Bonchev–Trinajstić information content (AvgIpc) is 2.59. The number of phenols is 1. The van der Waals surface area contributed by atoms with Gasteiger partial charge in [-0.1, -0.05) is 6.42 Å². The maximum atomic E-state index is 12.5. The van der Waals surface area contributed by atoms with Crippen LogP contribution in [0, 0.1) is 0 Å². The Hall–Kier alpha value is -2.28. The summed E-state index contributed by atoms with van der Waals surface area (Å²) in [7, 11) is 1.52. The Morgan fingerprint density at radius 2 is 1.76 bits per heavy atom. The molecule has 4 nitrogen and oxygen atoms in total. The topological polar surface area (TPSA) is 54.3 Å². The van der Waals surface area contributed by atoms with E-state index < -0.39 is 23.0 Å². The number of rotatable bonds is 1. The maximum absolute atomic E-state index is 12.5. The van der Waals surface area contributed by atoms with E-state index in [2.05, 4.69) is 5.32 Å². The molecule has 0 spiro atoms. The second-order valence-corrected chi connectivity index (χ2v) is 5.88. The summed E-state index contributed by atoms with van der Waals surface area (Å²) in [6.07, 6.45) is 1.21. The van der Waals surface area contributed by atoms with E-state index in [1.807, 2.05) is 0 Å². The highest BCUT2D eigenvalue weighted by Crippen LogP contribution is 2.35. The number of pyridine rings is 1. The Morgan fingerprint density at radius 3 is 2.24 bits per heavy atom. The standard InChI is InChI=1S/C13H10F3NO2.C5H11N/c1-17-6-2-3-10(12(17)19)9-5-4-8(7-11(9)18)13(14,15)16;1-2-4-6-5-3-1/h2-7,18H,1H3;6H,1-5H2. The number of piperidine rings is 1. The van der Waals surface area contributed by atoms with Crippen molar-refractivity contribution in [2.24, 2.45) is 7.05 Å². The van der Waals surface area contributed by atoms with Gasteiger partial charge in [0.2, 0.25) is 0 Å². The summed E-state index contributed by atoms with van der Waals surface area (Å²) in [5.74, 6) is -0.571. The monoisotopic (exact) mass is 354 g/mol. The first kappa shape index (κ1) is 19.1. The minimum Gasteiger partial charge on any atom is -0.507 e. The molecule has 1 fully saturated rings. The van der Waals surface area contributed by atoms with E-state index in [9.17, 15) is 23.1 Å². The molecule has 2 N–H and O–H groups in total. The van der Waals surface area contributed by atoms with Crippen LogP contribution in [0.4, 0.5) is 13.2 Å². The average molecular weight is 354 g/mol. The van der Waals surface area contributed by atoms with Gasteiger partial charge in [0.15, 0.2) is 0 Å². The number of nitrogens with one attached hydrogen (secondary N) is 1. The minimum absolute atomic E-state index is 0.0780. The lowest BCUT2D eigenvalue weighted by atomic mass is 10.0. The van der Waals surface area contributed by atoms with Crippen molar-refractivity contribution in [1.82, 2.24) is 9.88 Å². The number of aromatic nitrogens is 1. The van der Waals surface area contributed by atoms with Gasteiger partial charge < -0.3 is 15.0 Å². The van der Waals surface area contributed by atoms with E-state index in [1.165, 1.54) is 56.2 Å². The summed E-state index contributed by atoms with van der Waals surface area (Å²) in [5, 5.41) is 13.0. The van der Waals surface area contributed by atoms with Gasteiger partial charge in [-0.3, -0.25) is 4.79 Å². The van der Waals surface area contributed by atoms with E-state index in [1.54, 1.807) is 6.07 Å². The van der Waals surface area contributed by atoms with Crippen LogP contribution < -0.4 is 10.9 Å². The Kier molecular flexibility index (Phi) is 6.25. The molecular weight excluding hydrogens is 333 g/mol. The third kappa shape index (κ3) is 5.09. The number of aromatic hydroxyl groups is 1. The van der Waals surface area contributed by atoms with Gasteiger partial charge in [0.1, 0.15) is 5.75 Å². The molecule has 0 unspecified atom stereocenters. The first-order valence-corrected chi connectivity index (χ1v) is 8.07. The van der Waals surface area contributed by atoms with Crippen molar-refractivity contribution in [3.8, 4) is 16.9 Å². The van der Waals surface area contributed by atoms with Crippen LogP contribution in [-0.4, -0.2) is 22.8 Å². The molecule has 0 atom stereocenters. The highest BCUT2D eigenvalue weighted by molar-refractivity contribution is 5.69. The molecule has 0 aliphatic carbocycles. The SMILES string of the molecule is C1CCNCC1.Cn1cccc(-c2ccc(C(F)(F)F)cc2O)c1=O. The van der Waals surface area contributed by atoms with Crippen LogP contribution in [0.2, 0.25) is 0 Å². The number of benzene rings is 1. The molecule has 1 aliphatic heterocycles. The molecule has 7 heteroatoms. The second kappa shape index (κ2) is 8.20. The molecule has 1 aromatic heterocycles. The number of hydrogen-bond acceptors (Lipinski definition) is 3. The van der Waals surface area contributed by atoms with Crippen LogP contribution in [0.1, 0.15) is 24.8 Å². The van der Waals surface area contributed by atoms with E-state index in [0.717, 1.165) is 12.1 Å². The lowest BCUT2D eigenvalue weighted by Crippen LogP contribution is -2.21. The van der Waals surface area contributed by atoms with Gasteiger partial charge in [0, 0.05) is 18.8 Å². The van der Waals surface area contributed by atoms with Crippen LogP contribution in [0.3, 0.4) is 0 Å². The normalized spacial score (nSPS) is 14.6. The van der Waals surface area contributed by atoms with Crippen molar-refractivity contribution >= 4 is 0 Å². The highest BCUT2D eigenvalue weighted by Gasteiger charge is 2.31. The zero-order valence-electron chi connectivity index (χ0n) is 13.9. The molecule has 0 amide bonds. The minimum atomic E-state index is -4.53. The Labute approximate surface area is 143 Å². The molecule has 0 saturated carbocycles. The smallest absolute Gasteiger partial charge is 0.416 e. The summed E-state index contributed by atoms with van der Waals surface area (Å²) in [4.78, 5) is 11.8. The Bertz CT molecular complexity index is 754. The summed E-state index contributed by atoms with van der Waals surface area (Å²) in [5.41, 5.74) is -1.12. The summed E-state index contributed by atoms with van der Waals surface area (Å²) in [6, 6.07) is 5.57. The van der Waals surface area contributed by atoms with Gasteiger partial charge >= 0.3 is 6.18 Å². The molecule has 25 heavy (non-hydrogen) atoms. The van der Waals surface area contributed by atoms with Crippen molar-refractivity contribution in [3.05, 3.63) is 52.4 Å². The fourth-order valence-electron chi connectivity index (χ4n) is 2.54. The van der Waals surface area contributed by atoms with Crippen molar-refractivity contribution < 1.29 is 18.3 Å². The molecule has 0 radical (unpaired) electrons. The van der Waals surface area contributed by atoms with E-state index >= 15 is 0 Å². The zero-order chi connectivity index (χ0) is 18.4. The lowest BCUT2D eigenvalue weighted by molar-refractivity contribution is -0.137. The molecule has 1 saturated heterocycles. The third-order valence-electron chi connectivity index (χ3n) is 3.95. The molecule has 1 aromatic carbocycles. The number of halogens is 3. The van der Waals surface area contributed by atoms with Crippen molar-refractivity contribution in [2.45, 2.75) is 25.4 Å². The van der Waals surface area contributed by atoms with E-state index in [4.69, 9.17) is 0 Å². The molecule has 2 heterocycles. The van der Waals surface area contributed by atoms with Gasteiger partial charge in [-0.2, -0.15) is 13.2 Å². The summed E-state index contributed by atoms with van der Waals surface area (Å²) in [6.45, 7) is 2.50. The van der Waals surface area contributed by atoms with Gasteiger partial charge in [0.05, 0.1) is 11.1 Å². The van der Waals surface area contributed by atoms with E-state index in [-0.39, 0.29) is 11.1 Å². The van der Waals surface area contributed by atoms with Crippen LogP contribution in [0.15, 0.2) is 41.3 Å². The first-order valence-electron chi connectivity index (χ1n) is 8.07. The summed E-state index contributed by atoms with van der Waals surface area (Å²) < 4.78 is 38.7. The van der Waals surface area contributed by atoms with Crippen LogP contribution in [0.5, 0.6) is 5.75 Å². The molecule has 3 rings (SSSR count). The molecule has 136 valence electrons. The first-order chi connectivity index (χ1) is 11.8. The van der Waals surface area contributed by atoms with Gasteiger partial charge in [-0.15, -0.1) is 0 Å². The van der Waals surface area contributed by atoms with Gasteiger partial charge in [-0.05, 0) is 56.3 Å². The summed E-state index contributed by atoms with van der Waals surface area (Å²) >= 11 is 0. The fraction of sp³-hybridized carbons (Fsp3) is 0.389. The number of aryl methyl sites for hydroxylation is 1. The van der Waals surface area contributed by atoms with Crippen LogP contribution >= 0.6 is 0 Å². The third-order valence-corrected chi connectivity index (χ3v) is 3.95. The predicted molar refractivity (Wildman–Crippen MR) is 90.5 cm³/mol. The Balaban J connectivity index is 0.000000316. The van der Waals surface area contributed by atoms with Crippen LogP contribution in [0.25, 0.3) is 11.1 Å². The largest absolute Gasteiger partial charge is 0.507 e. The van der Waals surface area contributed by atoms with Gasteiger partial charge in [-0.25, -0.2) is 0 Å². The van der Waals surface area contributed by atoms with Crippen LogP contribution in [-0.2, 0) is 13.2 Å². The number of hydrogen-bond donors (Lipinski definition) is 2. The lowest BCUT2D eigenvalue weighted by Gasteiger charge is -2.10. The fourth-order valence-corrected chi connectivity index (χ4v) is 2.54. The number of alkyl halides is 3. The quantitative estimate of drug-likeness (QED) is 0.824. The number of phenolic OH excluding ortho intramolecular Hbond substituents is 1. The number of nitrogens with zero attached hydrogens (tertiary/aromatic N) is 1. The molecule has 1 aliphatic rings. The van der Waals surface area contributed by atoms with Crippen molar-refractivity contribution in [1.29, 1.82) is 0 Å². The molecule has 0 bridgehead atoms. The highest BCUT2D eigenvalue weighted by atomic mass is 19.4. The van der Waals surface area contributed by atoms with E-state index in [0.29, 0.717) is 6.07 Å². The zero-order valence-corrected chi connectivity index (χ0v) is 13.9. The van der Waals surface area contributed by atoms with Gasteiger partial charge in [0.25, 0.3) is 5.56 Å². The maximum Gasteiger partial charge on any atom is 0.416 e. The predicted octanol–water partition coefficient (Wildman–Crippen LogP) is 3.54. The second-order valence-electron chi connectivity index (χ2n) is 5.88. The molecule has 2 aromatic rings. The Morgan fingerprint density at radius 1 is 1.08 bits per heavy atom.